The second-order valence-electron chi connectivity index (χ2n) is 5.88. The Kier molecular flexibility index (Phi) is 5.10. The van der Waals surface area contributed by atoms with Crippen LogP contribution in [0.15, 0.2) is 47.3 Å². The first-order valence-corrected chi connectivity index (χ1v) is 8.07. The second-order valence-corrected chi connectivity index (χ2v) is 5.88. The Hall–Kier alpha value is -4.81. The van der Waals surface area contributed by atoms with Gasteiger partial charge in [0.2, 0.25) is 0 Å². The minimum Gasteiger partial charge on any atom is -0.506 e. The summed E-state index contributed by atoms with van der Waals surface area (Å²) in [7, 11) is 0. The molecule has 1 heterocycles. The van der Waals surface area contributed by atoms with Crippen LogP contribution in [0.2, 0.25) is 0 Å². The number of para-hydroxylation sites is 1. The molecule has 30 heavy (non-hydrogen) atoms. The van der Waals surface area contributed by atoms with E-state index in [0.29, 0.717) is 6.07 Å². The van der Waals surface area contributed by atoms with Crippen LogP contribution in [0.4, 0.5) is 11.4 Å². The topological polar surface area (TPSA) is 198 Å². The fourth-order valence-corrected chi connectivity index (χ4v) is 2.62. The Morgan fingerprint density at radius 2 is 1.50 bits per heavy atom. The van der Waals surface area contributed by atoms with Gasteiger partial charge in [-0.2, -0.15) is 0 Å². The van der Waals surface area contributed by atoms with Crippen LogP contribution in [0.5, 0.6) is 5.75 Å². The number of nitro groups is 2. The van der Waals surface area contributed by atoms with E-state index in [1.807, 2.05) is 10.9 Å². The molecular formula is C17H11N5O8. The Morgan fingerprint density at radius 3 is 2.10 bits per heavy atom. The number of non-ortho nitro benzene ring substituents is 2. The quantitative estimate of drug-likeness (QED) is 0.360. The maximum absolute atomic E-state index is 12.3. The fraction of sp³-hybridized carbons (Fsp3) is 0. The molecule has 0 spiro atoms. The summed E-state index contributed by atoms with van der Waals surface area (Å²) < 4.78 is 0. The van der Waals surface area contributed by atoms with Crippen LogP contribution < -0.4 is 16.4 Å². The number of benzene rings is 2. The number of nitrogens with one attached hydrogen (secondary N) is 3. The minimum atomic E-state index is -1.17. The van der Waals surface area contributed by atoms with Gasteiger partial charge in [0.05, 0.1) is 27.0 Å². The molecule has 13 heteroatoms. The highest BCUT2D eigenvalue weighted by atomic mass is 16.6. The second kappa shape index (κ2) is 7.67. The van der Waals surface area contributed by atoms with E-state index in [1.54, 1.807) is 12.1 Å². The van der Waals surface area contributed by atoms with Gasteiger partial charge in [0.1, 0.15) is 11.3 Å². The molecule has 0 saturated heterocycles. The van der Waals surface area contributed by atoms with E-state index in [2.05, 4.69) is 4.98 Å². The molecule has 3 aromatic rings. The number of aromatic amines is 1. The van der Waals surface area contributed by atoms with Crippen molar-refractivity contribution in [1.29, 1.82) is 0 Å². The maximum Gasteiger partial charge on any atom is 0.279 e. The number of aromatic nitrogens is 1. The van der Waals surface area contributed by atoms with Gasteiger partial charge in [-0.05, 0) is 12.1 Å². The molecule has 0 unspecified atom stereocenters. The van der Waals surface area contributed by atoms with E-state index in [1.165, 1.54) is 12.1 Å². The Labute approximate surface area is 165 Å². The first kappa shape index (κ1) is 19.9. The number of hydrazine groups is 1. The van der Waals surface area contributed by atoms with Crippen molar-refractivity contribution in [1.82, 2.24) is 15.8 Å². The maximum atomic E-state index is 12.3. The third-order valence-corrected chi connectivity index (χ3v) is 4.00. The predicted molar refractivity (Wildman–Crippen MR) is 101 cm³/mol. The number of hydrogen-bond acceptors (Lipinski definition) is 8. The Bertz CT molecular complexity index is 1250. The molecule has 152 valence electrons. The van der Waals surface area contributed by atoms with Gasteiger partial charge in [-0.15, -0.1) is 0 Å². The van der Waals surface area contributed by atoms with Crippen molar-refractivity contribution >= 4 is 34.1 Å². The highest BCUT2D eigenvalue weighted by molar-refractivity contribution is 6.04. The van der Waals surface area contributed by atoms with Crippen molar-refractivity contribution in [2.24, 2.45) is 0 Å². The van der Waals surface area contributed by atoms with Crippen LogP contribution in [0.1, 0.15) is 20.7 Å². The highest BCUT2D eigenvalue weighted by Crippen LogP contribution is 2.24. The summed E-state index contributed by atoms with van der Waals surface area (Å²) in [5.74, 6) is -2.91. The zero-order chi connectivity index (χ0) is 22.0. The zero-order valence-electron chi connectivity index (χ0n) is 14.7. The monoisotopic (exact) mass is 413 g/mol. The SMILES string of the molecule is O=C(NNC(=O)c1c(O)c2ccccc2[nH]c1=O)c1cc([N+](=O)[O-])cc([N+](=O)[O-])c1. The first-order valence-electron chi connectivity index (χ1n) is 8.07. The molecule has 0 aliphatic rings. The van der Waals surface area contributed by atoms with E-state index in [4.69, 9.17) is 0 Å². The van der Waals surface area contributed by atoms with Crippen LogP contribution >= 0.6 is 0 Å². The molecule has 1 aromatic heterocycles. The number of amides is 2. The number of hydrogen-bond donors (Lipinski definition) is 4. The summed E-state index contributed by atoms with van der Waals surface area (Å²) in [6.07, 6.45) is 0. The van der Waals surface area contributed by atoms with Crippen LogP contribution in [0.25, 0.3) is 10.9 Å². The number of rotatable bonds is 4. The standard InChI is InChI=1S/C17H11N5O8/c23-14-11-3-1-2-4-12(11)18-16(25)13(14)17(26)20-19-15(24)8-5-9(21(27)28)7-10(6-8)22(29)30/h1-7H,(H,19,24)(H,20,26)(H2,18,23,25). The number of aromatic hydroxyl groups is 1. The number of fused-ring (bicyclic) bond motifs is 1. The fourth-order valence-electron chi connectivity index (χ4n) is 2.62. The van der Waals surface area contributed by atoms with Gasteiger partial charge in [-0.25, -0.2) is 0 Å². The molecule has 2 aromatic carbocycles. The summed E-state index contributed by atoms with van der Waals surface area (Å²) in [5, 5.41) is 32.2. The molecule has 2 amide bonds. The lowest BCUT2D eigenvalue weighted by Crippen LogP contribution is -2.43. The lowest BCUT2D eigenvalue weighted by molar-refractivity contribution is -0.394. The normalized spacial score (nSPS) is 10.4. The van der Waals surface area contributed by atoms with Crippen molar-refractivity contribution in [2.45, 2.75) is 0 Å². The summed E-state index contributed by atoms with van der Waals surface area (Å²) in [4.78, 5) is 59.0. The molecule has 13 nitrogen and oxygen atoms in total. The lowest BCUT2D eigenvalue weighted by atomic mass is 10.1. The molecular weight excluding hydrogens is 402 g/mol. The predicted octanol–water partition coefficient (Wildman–Crippen LogP) is 1.12. The number of H-pyrrole nitrogens is 1. The smallest absolute Gasteiger partial charge is 0.279 e. The van der Waals surface area contributed by atoms with E-state index in [9.17, 15) is 39.7 Å². The van der Waals surface area contributed by atoms with Gasteiger partial charge in [-0.3, -0.25) is 45.5 Å². The Morgan fingerprint density at radius 1 is 0.933 bits per heavy atom. The summed E-state index contributed by atoms with van der Waals surface area (Å²) in [6.45, 7) is 0. The van der Waals surface area contributed by atoms with Crippen molar-refractivity contribution in [3.8, 4) is 5.75 Å². The van der Waals surface area contributed by atoms with Crippen molar-refractivity contribution in [3.63, 3.8) is 0 Å². The van der Waals surface area contributed by atoms with Crippen LogP contribution in [-0.4, -0.2) is 31.8 Å². The Balaban J connectivity index is 1.86. The molecule has 0 atom stereocenters. The van der Waals surface area contributed by atoms with Gasteiger partial charge in [0, 0.05) is 17.5 Å². The summed E-state index contributed by atoms with van der Waals surface area (Å²) >= 11 is 0. The number of pyridine rings is 1. The lowest BCUT2D eigenvalue weighted by Gasteiger charge is -2.09. The van der Waals surface area contributed by atoms with Crippen LogP contribution in [0, 0.1) is 20.2 Å². The van der Waals surface area contributed by atoms with Crippen LogP contribution in [-0.2, 0) is 0 Å². The first-order chi connectivity index (χ1) is 14.2. The van der Waals surface area contributed by atoms with E-state index in [-0.39, 0.29) is 10.9 Å². The van der Waals surface area contributed by atoms with Crippen molar-refractivity contribution in [3.05, 3.63) is 84.2 Å². The average Bonchev–Trinajstić information content (AvgIpc) is 2.71. The number of carbonyl (C=O) groups excluding carboxylic acids is 2. The molecule has 3 rings (SSSR count). The van der Waals surface area contributed by atoms with Gasteiger partial charge in [-0.1, -0.05) is 12.1 Å². The van der Waals surface area contributed by atoms with Crippen molar-refractivity contribution in [2.75, 3.05) is 0 Å². The third-order valence-electron chi connectivity index (χ3n) is 4.00. The molecule has 0 saturated carbocycles. The van der Waals surface area contributed by atoms with Gasteiger partial charge in [0.15, 0.2) is 0 Å². The molecule has 0 fully saturated rings. The minimum absolute atomic E-state index is 0.183. The largest absolute Gasteiger partial charge is 0.506 e. The number of carbonyl (C=O) groups is 2. The average molecular weight is 413 g/mol. The van der Waals surface area contributed by atoms with E-state index < -0.39 is 55.5 Å². The molecule has 0 aliphatic carbocycles. The molecule has 0 aliphatic heterocycles. The summed E-state index contributed by atoms with van der Waals surface area (Å²) in [6, 6.07) is 8.36. The summed E-state index contributed by atoms with van der Waals surface area (Å²) in [5.41, 5.74) is 0.553. The number of nitro benzene ring substituents is 2. The molecule has 0 bridgehead atoms. The van der Waals surface area contributed by atoms with E-state index >= 15 is 0 Å². The molecule has 0 radical (unpaired) electrons. The van der Waals surface area contributed by atoms with Gasteiger partial charge < -0.3 is 10.1 Å². The third kappa shape index (κ3) is 3.75. The number of nitrogens with zero attached hydrogens (tertiary/aromatic N) is 2. The van der Waals surface area contributed by atoms with E-state index in [0.717, 1.165) is 12.1 Å². The molecule has 4 N–H and O–H groups in total. The van der Waals surface area contributed by atoms with Gasteiger partial charge >= 0.3 is 0 Å². The van der Waals surface area contributed by atoms with Gasteiger partial charge in [0.25, 0.3) is 28.7 Å². The van der Waals surface area contributed by atoms with Crippen molar-refractivity contribution < 1.29 is 24.5 Å². The van der Waals surface area contributed by atoms with Crippen LogP contribution in [0.3, 0.4) is 0 Å². The zero-order valence-corrected chi connectivity index (χ0v) is 14.7. The highest BCUT2D eigenvalue weighted by Gasteiger charge is 2.22.